The number of nitrogens with one attached hydrogen (secondary N) is 2. The van der Waals surface area contributed by atoms with E-state index in [9.17, 15) is 4.79 Å². The Bertz CT molecular complexity index is 951. The largest absolute Gasteiger partial charge is 0.352 e. The minimum absolute atomic E-state index is 0.0345. The van der Waals surface area contributed by atoms with Crippen molar-refractivity contribution in [3.63, 3.8) is 0 Å². The number of nitrogens with zero attached hydrogens (tertiary/aromatic N) is 3. The zero-order valence-electron chi connectivity index (χ0n) is 16.3. The van der Waals surface area contributed by atoms with E-state index in [-0.39, 0.29) is 11.9 Å². The lowest BCUT2D eigenvalue weighted by Gasteiger charge is -2.37. The molecule has 0 spiro atoms. The number of halogens is 1. The molecular weight excluding hydrogens is 386 g/mol. The van der Waals surface area contributed by atoms with Crippen molar-refractivity contribution >= 4 is 17.5 Å². The van der Waals surface area contributed by atoms with Crippen LogP contribution in [0.5, 0.6) is 0 Å². The number of aromatic nitrogens is 3. The molecule has 1 aliphatic carbocycles. The minimum Gasteiger partial charge on any atom is -0.352 e. The first-order valence-corrected chi connectivity index (χ1v) is 10.2. The highest BCUT2D eigenvalue weighted by Crippen LogP contribution is 2.37. The van der Waals surface area contributed by atoms with Gasteiger partial charge in [-0.3, -0.25) is 10.1 Å². The molecule has 1 amide bonds. The Labute approximate surface area is 175 Å². The first-order valence-electron chi connectivity index (χ1n) is 9.78. The lowest BCUT2D eigenvalue weighted by Crippen LogP contribution is -2.47. The van der Waals surface area contributed by atoms with Crippen molar-refractivity contribution in [2.75, 3.05) is 0 Å². The van der Waals surface area contributed by atoms with Gasteiger partial charge in [-0.25, -0.2) is 0 Å². The van der Waals surface area contributed by atoms with Crippen LogP contribution < -0.4 is 10.6 Å². The molecule has 0 aliphatic heterocycles. The van der Waals surface area contributed by atoms with E-state index < -0.39 is 6.04 Å². The third-order valence-corrected chi connectivity index (χ3v) is 5.61. The number of benzene rings is 2. The van der Waals surface area contributed by atoms with Crippen molar-refractivity contribution in [3.8, 4) is 0 Å². The van der Waals surface area contributed by atoms with Crippen molar-refractivity contribution in [2.45, 2.75) is 37.4 Å². The molecule has 0 unspecified atom stereocenters. The van der Waals surface area contributed by atoms with Crippen LogP contribution in [-0.4, -0.2) is 26.9 Å². The highest BCUT2D eigenvalue weighted by molar-refractivity contribution is 6.30. The number of aryl methyl sites for hydroxylation is 1. The summed E-state index contributed by atoms with van der Waals surface area (Å²) in [6.07, 6.45) is 3.63. The van der Waals surface area contributed by atoms with Crippen LogP contribution in [0.3, 0.4) is 0 Å². The summed E-state index contributed by atoms with van der Waals surface area (Å²) in [5.41, 5.74) is 3.00. The Morgan fingerprint density at radius 2 is 1.90 bits per heavy atom. The molecule has 4 rings (SSSR count). The molecule has 7 heteroatoms. The Balaban J connectivity index is 1.40. The average Bonchev–Trinajstić information content (AvgIpc) is 3.11. The van der Waals surface area contributed by atoms with Gasteiger partial charge in [0.1, 0.15) is 6.04 Å². The smallest absolute Gasteiger partial charge is 0.241 e. The van der Waals surface area contributed by atoms with Gasteiger partial charge in [-0.15, -0.1) is 0 Å². The maximum atomic E-state index is 13.1. The third-order valence-electron chi connectivity index (χ3n) is 5.36. The molecule has 6 nitrogen and oxygen atoms in total. The molecule has 0 bridgehead atoms. The molecule has 2 N–H and O–H groups in total. The predicted octanol–water partition coefficient (Wildman–Crippen LogP) is 3.36. The van der Waals surface area contributed by atoms with Crippen LogP contribution in [-0.2, 0) is 18.4 Å². The fraction of sp³-hybridized carbons (Fsp3) is 0.318. The third kappa shape index (κ3) is 4.83. The number of carbonyl (C=O) groups is 1. The van der Waals surface area contributed by atoms with Crippen LogP contribution in [0.15, 0.2) is 60.8 Å². The molecule has 1 aromatic heterocycles. The monoisotopic (exact) mass is 409 g/mol. The van der Waals surface area contributed by atoms with Gasteiger partial charge in [-0.2, -0.15) is 15.0 Å². The molecule has 150 valence electrons. The van der Waals surface area contributed by atoms with E-state index in [4.69, 9.17) is 11.6 Å². The Kier molecular flexibility index (Phi) is 5.92. The van der Waals surface area contributed by atoms with Gasteiger partial charge in [0.2, 0.25) is 5.91 Å². The van der Waals surface area contributed by atoms with Gasteiger partial charge in [0.25, 0.3) is 0 Å². The van der Waals surface area contributed by atoms with Crippen LogP contribution in [0, 0.1) is 0 Å². The second-order valence-electron chi connectivity index (χ2n) is 7.48. The molecule has 1 atom stereocenters. The summed E-state index contributed by atoms with van der Waals surface area (Å²) in [6.45, 7) is 0.450. The van der Waals surface area contributed by atoms with E-state index in [1.165, 1.54) is 10.4 Å². The normalized spacial score (nSPS) is 19.4. The Hall–Kier alpha value is -2.70. The molecular formula is C22H24ClN5O. The fourth-order valence-electron chi connectivity index (χ4n) is 3.71. The van der Waals surface area contributed by atoms with Crippen molar-refractivity contribution in [3.05, 3.63) is 82.6 Å². The maximum Gasteiger partial charge on any atom is 0.241 e. The van der Waals surface area contributed by atoms with Crippen molar-refractivity contribution in [1.82, 2.24) is 25.6 Å². The molecule has 0 saturated heterocycles. The summed E-state index contributed by atoms with van der Waals surface area (Å²) >= 11 is 6.02. The summed E-state index contributed by atoms with van der Waals surface area (Å²) in [7, 11) is 1.77. The molecule has 0 radical (unpaired) electrons. The van der Waals surface area contributed by atoms with E-state index in [0.717, 1.165) is 24.1 Å². The average molecular weight is 410 g/mol. The Morgan fingerprint density at radius 3 is 2.55 bits per heavy atom. The van der Waals surface area contributed by atoms with Crippen molar-refractivity contribution in [1.29, 1.82) is 0 Å². The molecule has 29 heavy (non-hydrogen) atoms. The van der Waals surface area contributed by atoms with Crippen LogP contribution in [0.25, 0.3) is 0 Å². The lowest BCUT2D eigenvalue weighted by molar-refractivity contribution is -0.124. The quantitative estimate of drug-likeness (QED) is 0.627. The summed E-state index contributed by atoms with van der Waals surface area (Å²) in [4.78, 5) is 14.6. The number of carbonyl (C=O) groups excluding carboxylic acids is 1. The second-order valence-corrected chi connectivity index (χ2v) is 7.91. The van der Waals surface area contributed by atoms with Crippen LogP contribution in [0.4, 0.5) is 0 Å². The van der Waals surface area contributed by atoms with Gasteiger partial charge in [0, 0.05) is 24.7 Å². The van der Waals surface area contributed by atoms with E-state index in [1.54, 1.807) is 25.4 Å². The van der Waals surface area contributed by atoms with Gasteiger partial charge in [0.05, 0.1) is 11.9 Å². The van der Waals surface area contributed by atoms with Gasteiger partial charge >= 0.3 is 0 Å². The zero-order valence-corrected chi connectivity index (χ0v) is 17.0. The lowest BCUT2D eigenvalue weighted by atomic mass is 9.76. The summed E-state index contributed by atoms with van der Waals surface area (Å²) in [5, 5.41) is 15.5. The fourth-order valence-corrected chi connectivity index (χ4v) is 3.84. The first kappa shape index (κ1) is 19.6. The molecule has 1 fully saturated rings. The zero-order chi connectivity index (χ0) is 20.2. The SMILES string of the molecule is Cn1ncc(CN[C@H](C(=O)NC2CC(c3ccccc3)C2)c2ccc(Cl)cc2)n1. The van der Waals surface area contributed by atoms with E-state index >= 15 is 0 Å². The summed E-state index contributed by atoms with van der Waals surface area (Å²) in [5.74, 6) is 0.482. The van der Waals surface area contributed by atoms with Crippen LogP contribution in [0.2, 0.25) is 5.02 Å². The van der Waals surface area contributed by atoms with Gasteiger partial charge in [-0.05, 0) is 42.0 Å². The van der Waals surface area contributed by atoms with E-state index in [2.05, 4.69) is 45.1 Å². The highest BCUT2D eigenvalue weighted by atomic mass is 35.5. The summed E-state index contributed by atoms with van der Waals surface area (Å²) < 4.78 is 0. The Morgan fingerprint density at radius 1 is 1.17 bits per heavy atom. The molecule has 3 aromatic rings. The van der Waals surface area contributed by atoms with Crippen molar-refractivity contribution in [2.24, 2.45) is 7.05 Å². The predicted molar refractivity (Wildman–Crippen MR) is 112 cm³/mol. The van der Waals surface area contributed by atoms with Gasteiger partial charge in [0.15, 0.2) is 0 Å². The molecule has 2 aromatic carbocycles. The van der Waals surface area contributed by atoms with E-state index in [1.807, 2.05) is 18.2 Å². The number of rotatable bonds is 7. The topological polar surface area (TPSA) is 71.8 Å². The molecule has 1 saturated carbocycles. The number of hydrogen-bond acceptors (Lipinski definition) is 4. The maximum absolute atomic E-state index is 13.1. The first-order chi connectivity index (χ1) is 14.1. The molecule has 1 heterocycles. The number of amides is 1. The second kappa shape index (κ2) is 8.76. The molecule has 1 aliphatic rings. The standard InChI is InChI=1S/C22H24ClN5O/c1-28-25-14-20(27-28)13-24-21(16-7-9-18(23)10-8-16)22(29)26-19-11-17(12-19)15-5-3-2-4-6-15/h2-10,14,17,19,21,24H,11-13H2,1H3,(H,26,29)/t17?,19?,21-/m0/s1. The van der Waals surface area contributed by atoms with Crippen LogP contribution >= 0.6 is 11.6 Å². The number of hydrogen-bond donors (Lipinski definition) is 2. The van der Waals surface area contributed by atoms with Crippen LogP contribution in [0.1, 0.15) is 41.6 Å². The van der Waals surface area contributed by atoms with Gasteiger partial charge < -0.3 is 5.32 Å². The summed E-state index contributed by atoms with van der Waals surface area (Å²) in [6, 6.07) is 17.5. The minimum atomic E-state index is -0.481. The van der Waals surface area contributed by atoms with E-state index in [0.29, 0.717) is 17.5 Å². The van der Waals surface area contributed by atoms with Gasteiger partial charge in [-0.1, -0.05) is 54.1 Å². The van der Waals surface area contributed by atoms with Crippen molar-refractivity contribution < 1.29 is 4.79 Å². The highest BCUT2D eigenvalue weighted by Gasteiger charge is 2.33.